The van der Waals surface area contributed by atoms with Gasteiger partial charge in [-0.15, -0.1) is 0 Å². The Morgan fingerprint density at radius 3 is 1.89 bits per heavy atom. The zero-order chi connectivity index (χ0) is 7.65. The average Bonchev–Trinajstić information content (AvgIpc) is 1.62. The van der Waals surface area contributed by atoms with Crippen LogP contribution in [-0.4, -0.2) is 18.0 Å². The minimum absolute atomic E-state index is 0.804. The monoisotopic (exact) mass is 141 g/mol. The van der Waals surface area contributed by atoms with E-state index in [1.807, 2.05) is 0 Å². The van der Waals surface area contributed by atoms with Crippen molar-refractivity contribution in [2.45, 2.75) is 19.1 Å². The van der Waals surface area contributed by atoms with E-state index in [0.717, 1.165) is 6.92 Å². The Morgan fingerprint density at radius 1 is 1.56 bits per heavy atom. The fourth-order valence-corrected chi connectivity index (χ4v) is 0.230. The lowest BCUT2D eigenvalue weighted by Crippen LogP contribution is -2.42. The number of alkyl halides is 3. The van der Waals surface area contributed by atoms with Crippen molar-refractivity contribution in [3.63, 3.8) is 0 Å². The molecule has 0 bridgehead atoms. The molecule has 0 aliphatic heterocycles. The summed E-state index contributed by atoms with van der Waals surface area (Å²) >= 11 is 0. The number of rotatable bonds is 1. The maximum absolute atomic E-state index is 11.4. The van der Waals surface area contributed by atoms with Crippen LogP contribution in [0.15, 0.2) is 0 Å². The number of hydrogen-bond acceptors (Lipinski definition) is 2. The van der Waals surface area contributed by atoms with E-state index in [-0.39, 0.29) is 0 Å². The summed E-state index contributed by atoms with van der Waals surface area (Å²) in [4.78, 5) is 9.95. The number of carbonyl (C=O) groups excluding carboxylic acids is 1. The third-order valence-electron chi connectivity index (χ3n) is 0.791. The highest BCUT2D eigenvalue weighted by molar-refractivity contribution is 5.81. The van der Waals surface area contributed by atoms with Gasteiger partial charge in [0.2, 0.25) is 0 Å². The summed E-state index contributed by atoms with van der Waals surface area (Å²) in [5, 5.41) is 0. The first-order valence-corrected chi connectivity index (χ1v) is 2.18. The Kier molecular flexibility index (Phi) is 2.19. The second-order valence-corrected chi connectivity index (χ2v) is 1.63. The van der Waals surface area contributed by atoms with Crippen LogP contribution in [0.2, 0.25) is 0 Å². The van der Waals surface area contributed by atoms with Gasteiger partial charge in [-0.05, 0) is 6.92 Å². The Balaban J connectivity index is 4.04. The minimum atomic E-state index is -4.59. The zero-order valence-electron chi connectivity index (χ0n) is 4.70. The average molecular weight is 141 g/mol. The summed E-state index contributed by atoms with van der Waals surface area (Å²) in [6.07, 6.45) is -4.59. The number of hydrogen-bond donors (Lipinski definition) is 1. The van der Waals surface area contributed by atoms with Gasteiger partial charge in [-0.25, -0.2) is 0 Å². The van der Waals surface area contributed by atoms with Gasteiger partial charge in [0.15, 0.2) is 11.8 Å². The van der Waals surface area contributed by atoms with Gasteiger partial charge in [0, 0.05) is 0 Å². The van der Waals surface area contributed by atoms with E-state index in [9.17, 15) is 18.0 Å². The van der Waals surface area contributed by atoms with Crippen LogP contribution in [0, 0.1) is 0 Å². The molecular weight excluding hydrogens is 135 g/mol. The lowest BCUT2D eigenvalue weighted by Gasteiger charge is -2.10. The quantitative estimate of drug-likeness (QED) is 0.576. The lowest BCUT2D eigenvalue weighted by atomic mass is 10.2. The summed E-state index contributed by atoms with van der Waals surface area (Å²) in [5.41, 5.74) is 4.42. The van der Waals surface area contributed by atoms with Crippen LogP contribution in [-0.2, 0) is 4.79 Å². The Bertz CT molecular complexity index is 119. The zero-order valence-corrected chi connectivity index (χ0v) is 4.70. The standard InChI is InChI=1S/C4H6F3NO/c1-2(9)3(8)4(5,6)7/h3H,8H2,1H3. The molecule has 9 heavy (non-hydrogen) atoms. The molecule has 1 unspecified atom stereocenters. The van der Waals surface area contributed by atoms with Gasteiger partial charge in [0.25, 0.3) is 0 Å². The molecule has 0 rings (SSSR count). The molecule has 0 saturated heterocycles. The van der Waals surface area contributed by atoms with E-state index in [1.54, 1.807) is 0 Å². The summed E-state index contributed by atoms with van der Waals surface area (Å²) in [6.45, 7) is 0.804. The molecule has 0 aliphatic carbocycles. The predicted molar refractivity (Wildman–Crippen MR) is 24.7 cm³/mol. The molecule has 1 atom stereocenters. The molecule has 0 spiro atoms. The Labute approximate surface area is 49.8 Å². The molecule has 54 valence electrons. The van der Waals surface area contributed by atoms with Crippen molar-refractivity contribution in [3.05, 3.63) is 0 Å². The molecule has 0 fully saturated rings. The topological polar surface area (TPSA) is 43.1 Å². The third-order valence-corrected chi connectivity index (χ3v) is 0.791. The first kappa shape index (κ1) is 8.42. The molecule has 2 N–H and O–H groups in total. The maximum Gasteiger partial charge on any atom is 0.410 e. The number of Topliss-reactive ketones (excluding diaryl/α,β-unsaturated/α-hetero) is 1. The van der Waals surface area contributed by atoms with Gasteiger partial charge in [0.05, 0.1) is 0 Å². The van der Waals surface area contributed by atoms with E-state index >= 15 is 0 Å². The van der Waals surface area contributed by atoms with Crippen LogP contribution in [0.5, 0.6) is 0 Å². The number of ketones is 1. The second kappa shape index (κ2) is 2.34. The highest BCUT2D eigenvalue weighted by atomic mass is 19.4. The second-order valence-electron chi connectivity index (χ2n) is 1.63. The van der Waals surface area contributed by atoms with E-state index in [0.29, 0.717) is 0 Å². The van der Waals surface area contributed by atoms with Gasteiger partial charge in [0.1, 0.15) is 0 Å². The molecule has 0 aromatic heterocycles. The maximum atomic E-state index is 11.4. The van der Waals surface area contributed by atoms with Gasteiger partial charge >= 0.3 is 6.18 Å². The first-order valence-electron chi connectivity index (χ1n) is 2.18. The molecule has 0 aromatic rings. The molecule has 0 heterocycles. The van der Waals surface area contributed by atoms with Crippen molar-refractivity contribution >= 4 is 5.78 Å². The predicted octanol–water partition coefficient (Wildman–Crippen LogP) is 0.465. The van der Waals surface area contributed by atoms with E-state index in [1.165, 1.54) is 0 Å². The number of carbonyl (C=O) groups is 1. The molecular formula is C4H6F3NO. The highest BCUT2D eigenvalue weighted by Crippen LogP contribution is 2.18. The van der Waals surface area contributed by atoms with Crippen LogP contribution >= 0.6 is 0 Å². The first-order chi connectivity index (χ1) is 3.85. The normalized spacial score (nSPS) is 15.2. The number of halogens is 3. The Hall–Kier alpha value is -0.580. The van der Waals surface area contributed by atoms with Crippen molar-refractivity contribution in [2.24, 2.45) is 5.73 Å². The van der Waals surface area contributed by atoms with Crippen molar-refractivity contribution in [3.8, 4) is 0 Å². The summed E-state index contributed by atoms with van der Waals surface area (Å²) in [7, 11) is 0. The van der Waals surface area contributed by atoms with E-state index in [4.69, 9.17) is 0 Å². The molecule has 0 aliphatic rings. The highest BCUT2D eigenvalue weighted by Gasteiger charge is 2.39. The van der Waals surface area contributed by atoms with Crippen molar-refractivity contribution in [1.29, 1.82) is 0 Å². The molecule has 0 aromatic carbocycles. The number of nitrogens with two attached hydrogens (primary N) is 1. The van der Waals surface area contributed by atoms with Gasteiger partial charge < -0.3 is 5.73 Å². The lowest BCUT2D eigenvalue weighted by molar-refractivity contribution is -0.159. The van der Waals surface area contributed by atoms with Crippen LogP contribution in [0.4, 0.5) is 13.2 Å². The molecule has 2 nitrogen and oxygen atoms in total. The van der Waals surface area contributed by atoms with Crippen LogP contribution in [0.3, 0.4) is 0 Å². The van der Waals surface area contributed by atoms with Crippen LogP contribution in [0.1, 0.15) is 6.92 Å². The van der Waals surface area contributed by atoms with E-state index < -0.39 is 18.0 Å². The summed E-state index contributed by atoms with van der Waals surface area (Å²) < 4.78 is 34.1. The van der Waals surface area contributed by atoms with Crippen molar-refractivity contribution in [2.75, 3.05) is 0 Å². The molecule has 0 radical (unpaired) electrons. The largest absolute Gasteiger partial charge is 0.410 e. The third kappa shape index (κ3) is 2.46. The van der Waals surface area contributed by atoms with Gasteiger partial charge in [-0.3, -0.25) is 4.79 Å². The SMILES string of the molecule is CC(=O)C(N)C(F)(F)F. The van der Waals surface area contributed by atoms with Gasteiger partial charge in [-0.2, -0.15) is 13.2 Å². The smallest absolute Gasteiger partial charge is 0.314 e. The molecule has 0 saturated carbocycles. The van der Waals surface area contributed by atoms with Crippen molar-refractivity contribution < 1.29 is 18.0 Å². The van der Waals surface area contributed by atoms with E-state index in [2.05, 4.69) is 5.73 Å². The summed E-state index contributed by atoms with van der Waals surface area (Å²) in [6, 6.07) is -2.32. The minimum Gasteiger partial charge on any atom is -0.314 e. The molecule has 5 heteroatoms. The van der Waals surface area contributed by atoms with Crippen LogP contribution < -0.4 is 5.73 Å². The Morgan fingerprint density at radius 2 is 1.89 bits per heavy atom. The van der Waals surface area contributed by atoms with Gasteiger partial charge in [-0.1, -0.05) is 0 Å². The molecule has 0 amide bonds. The fourth-order valence-electron chi connectivity index (χ4n) is 0.230. The van der Waals surface area contributed by atoms with Crippen LogP contribution in [0.25, 0.3) is 0 Å². The van der Waals surface area contributed by atoms with Crippen molar-refractivity contribution in [1.82, 2.24) is 0 Å². The fraction of sp³-hybridized carbons (Fsp3) is 0.750. The summed E-state index contributed by atoms with van der Waals surface area (Å²) in [5.74, 6) is -1.07.